The molecule has 4 bridgehead atoms. The Morgan fingerprint density at radius 1 is 1.44 bits per heavy atom. The van der Waals surface area contributed by atoms with Crippen molar-refractivity contribution in [3.8, 4) is 0 Å². The van der Waals surface area contributed by atoms with Gasteiger partial charge in [-0.3, -0.25) is 9.59 Å². The molecule has 2 unspecified atom stereocenters. The molecule has 2 saturated carbocycles. The van der Waals surface area contributed by atoms with Crippen molar-refractivity contribution in [1.82, 2.24) is 0 Å². The van der Waals surface area contributed by atoms with Crippen molar-refractivity contribution >= 4 is 11.8 Å². The molecular formula is C20H28O5. The third kappa shape index (κ3) is 2.08. The van der Waals surface area contributed by atoms with Gasteiger partial charge in [-0.05, 0) is 38.7 Å². The largest absolute Gasteiger partial charge is 0.481 e. The maximum atomic E-state index is 12.9. The van der Waals surface area contributed by atoms with E-state index < -0.39 is 23.4 Å². The first-order valence-electron chi connectivity index (χ1n) is 9.46. The number of carbonyl (C=O) groups excluding carboxylic acids is 1. The summed E-state index contributed by atoms with van der Waals surface area (Å²) >= 11 is 0. The molecule has 1 spiro atoms. The first-order valence-corrected chi connectivity index (χ1v) is 9.46. The highest BCUT2D eigenvalue weighted by atomic mass is 16.5. The maximum Gasteiger partial charge on any atom is 0.306 e. The second-order valence-electron chi connectivity index (χ2n) is 9.27. The zero-order valence-electron chi connectivity index (χ0n) is 15.2. The second-order valence-corrected chi connectivity index (χ2v) is 9.27. The summed E-state index contributed by atoms with van der Waals surface area (Å²) in [5.41, 5.74) is -1.22. The molecule has 2 N–H and O–H groups in total. The molecule has 8 atom stereocenters. The average Bonchev–Trinajstić information content (AvgIpc) is 2.88. The number of allylic oxidation sites excluding steroid dienone is 1. The third-order valence-electron chi connectivity index (χ3n) is 7.78. The van der Waals surface area contributed by atoms with E-state index in [1.807, 2.05) is 13.0 Å². The summed E-state index contributed by atoms with van der Waals surface area (Å²) in [5, 5.41) is 20.1. The van der Waals surface area contributed by atoms with Gasteiger partial charge in [-0.15, -0.1) is 0 Å². The van der Waals surface area contributed by atoms with Crippen molar-refractivity contribution in [2.24, 2.45) is 28.6 Å². The molecule has 0 aromatic rings. The normalized spacial score (nSPS) is 51.0. The fourth-order valence-corrected chi connectivity index (χ4v) is 6.56. The second kappa shape index (κ2) is 5.17. The lowest BCUT2D eigenvalue weighted by atomic mass is 9.50. The number of carbonyl (C=O) groups is 2. The zero-order chi connectivity index (χ0) is 18.2. The molecule has 2 heterocycles. The Morgan fingerprint density at radius 2 is 2.16 bits per heavy atom. The number of carboxylic acid groups (broad SMARTS) is 1. The molecule has 5 rings (SSSR count). The monoisotopic (exact) mass is 348 g/mol. The van der Waals surface area contributed by atoms with Gasteiger partial charge in [0.25, 0.3) is 0 Å². The molecule has 5 heteroatoms. The van der Waals surface area contributed by atoms with Crippen molar-refractivity contribution in [3.63, 3.8) is 0 Å². The molecule has 0 amide bonds. The van der Waals surface area contributed by atoms with Crippen molar-refractivity contribution < 1.29 is 24.5 Å². The van der Waals surface area contributed by atoms with E-state index in [-0.39, 0.29) is 34.7 Å². The first kappa shape index (κ1) is 17.2. The lowest BCUT2D eigenvalue weighted by molar-refractivity contribution is -0.179. The highest BCUT2D eigenvalue weighted by molar-refractivity contribution is 5.96. The Balaban J connectivity index is 1.62. The van der Waals surface area contributed by atoms with E-state index in [0.717, 1.165) is 12.8 Å². The predicted molar refractivity (Wildman–Crippen MR) is 90.8 cm³/mol. The van der Waals surface area contributed by atoms with E-state index in [2.05, 4.69) is 6.92 Å². The van der Waals surface area contributed by atoms with Gasteiger partial charge >= 0.3 is 5.97 Å². The molecule has 4 fully saturated rings. The van der Waals surface area contributed by atoms with Gasteiger partial charge in [-0.25, -0.2) is 0 Å². The number of hydrogen-bond acceptors (Lipinski definition) is 4. The minimum atomic E-state index is -0.790. The van der Waals surface area contributed by atoms with Crippen LogP contribution in [0.4, 0.5) is 0 Å². The van der Waals surface area contributed by atoms with E-state index in [1.54, 1.807) is 13.0 Å². The summed E-state index contributed by atoms with van der Waals surface area (Å²) in [7, 11) is 0. The van der Waals surface area contributed by atoms with Gasteiger partial charge in [-0.2, -0.15) is 0 Å². The van der Waals surface area contributed by atoms with Crippen LogP contribution in [-0.4, -0.2) is 39.8 Å². The van der Waals surface area contributed by atoms with E-state index in [0.29, 0.717) is 19.3 Å². The average molecular weight is 348 g/mol. The van der Waals surface area contributed by atoms with Crippen molar-refractivity contribution in [2.45, 2.75) is 70.7 Å². The van der Waals surface area contributed by atoms with Crippen LogP contribution in [0.1, 0.15) is 52.9 Å². The van der Waals surface area contributed by atoms with Crippen molar-refractivity contribution in [3.05, 3.63) is 12.2 Å². The number of aliphatic hydroxyl groups excluding tert-OH is 1. The van der Waals surface area contributed by atoms with Crippen LogP contribution in [0.5, 0.6) is 0 Å². The Morgan fingerprint density at radius 3 is 2.80 bits per heavy atom. The highest BCUT2D eigenvalue weighted by Crippen LogP contribution is 2.71. The lowest BCUT2D eigenvalue weighted by Crippen LogP contribution is -2.59. The van der Waals surface area contributed by atoms with Gasteiger partial charge in [0.15, 0.2) is 5.78 Å². The number of ketones is 1. The molecule has 138 valence electrons. The van der Waals surface area contributed by atoms with Crippen LogP contribution >= 0.6 is 0 Å². The summed E-state index contributed by atoms with van der Waals surface area (Å²) in [6, 6.07) is 0. The summed E-state index contributed by atoms with van der Waals surface area (Å²) < 4.78 is 6.34. The van der Waals surface area contributed by atoms with E-state index in [1.165, 1.54) is 0 Å². The van der Waals surface area contributed by atoms with Crippen LogP contribution in [0.25, 0.3) is 0 Å². The molecular weight excluding hydrogens is 320 g/mol. The number of ether oxygens (including phenoxy) is 1. The zero-order valence-corrected chi connectivity index (χ0v) is 15.2. The van der Waals surface area contributed by atoms with Crippen molar-refractivity contribution in [1.29, 1.82) is 0 Å². The van der Waals surface area contributed by atoms with Gasteiger partial charge in [0.2, 0.25) is 0 Å². The fraction of sp³-hybridized carbons (Fsp3) is 0.800. The lowest BCUT2D eigenvalue weighted by Gasteiger charge is -2.56. The van der Waals surface area contributed by atoms with Crippen LogP contribution < -0.4 is 0 Å². The van der Waals surface area contributed by atoms with Crippen molar-refractivity contribution in [2.75, 3.05) is 0 Å². The Bertz CT molecular complexity index is 656. The molecule has 25 heavy (non-hydrogen) atoms. The minimum absolute atomic E-state index is 0.0144. The first-order chi connectivity index (χ1) is 11.6. The predicted octanol–water partition coefficient (Wildman–Crippen LogP) is 2.57. The van der Waals surface area contributed by atoms with E-state index in [9.17, 15) is 14.7 Å². The fourth-order valence-electron chi connectivity index (χ4n) is 6.56. The highest BCUT2D eigenvalue weighted by Gasteiger charge is 2.75. The Kier molecular flexibility index (Phi) is 3.56. The number of rotatable bonds is 5. The number of hydrogen-bond donors (Lipinski definition) is 2. The summed E-state index contributed by atoms with van der Waals surface area (Å²) in [6.07, 6.45) is 6.72. The molecule has 0 aromatic carbocycles. The van der Waals surface area contributed by atoms with Crippen LogP contribution in [0, 0.1) is 28.6 Å². The van der Waals surface area contributed by atoms with Gasteiger partial charge in [-0.1, -0.05) is 26.3 Å². The van der Waals surface area contributed by atoms with Gasteiger partial charge in [0.05, 0.1) is 23.7 Å². The van der Waals surface area contributed by atoms with Crippen LogP contribution in [0.3, 0.4) is 0 Å². The molecule has 5 nitrogen and oxygen atoms in total. The topological polar surface area (TPSA) is 83.8 Å². The van der Waals surface area contributed by atoms with E-state index in [4.69, 9.17) is 9.84 Å². The Hall–Kier alpha value is -1.20. The summed E-state index contributed by atoms with van der Waals surface area (Å²) in [4.78, 5) is 23.9. The van der Waals surface area contributed by atoms with Gasteiger partial charge < -0.3 is 14.9 Å². The molecule has 0 radical (unpaired) electrons. The molecule has 2 saturated heterocycles. The van der Waals surface area contributed by atoms with E-state index >= 15 is 0 Å². The van der Waals surface area contributed by atoms with Gasteiger partial charge in [0, 0.05) is 22.7 Å². The number of aliphatic hydroxyl groups is 1. The molecule has 0 aromatic heterocycles. The van der Waals surface area contributed by atoms with Crippen LogP contribution in [-0.2, 0) is 14.3 Å². The maximum absolute atomic E-state index is 12.9. The minimum Gasteiger partial charge on any atom is -0.481 e. The molecule has 5 aliphatic rings. The SMILES string of the molecule is CC(CCC[C@]1(C)C(=O)C=C[C@@]23C[C@]4(C)O[C@@H](C[C@@H]4[C@H]2O)C31)C(=O)O. The third-order valence-corrected chi connectivity index (χ3v) is 7.78. The van der Waals surface area contributed by atoms with Gasteiger partial charge in [0.1, 0.15) is 0 Å². The summed E-state index contributed by atoms with van der Waals surface area (Å²) in [6.45, 7) is 5.81. The smallest absolute Gasteiger partial charge is 0.306 e. The van der Waals surface area contributed by atoms with Crippen LogP contribution in [0.2, 0.25) is 0 Å². The number of aliphatic carboxylic acids is 1. The quantitative estimate of drug-likeness (QED) is 0.798. The standard InChI is InChI=1S/C20H28O5/c1-11(17(23)24)5-4-7-18(2)14(21)6-8-20-10-19(3)12(16(20)22)9-13(25-19)15(18)20/h6,8,11-13,15-16,22H,4-5,7,9-10H2,1-3H3,(H,23,24)/t11?,12-,13+,15?,16-,18-,19+,20+/m1/s1. The molecule has 2 aliphatic heterocycles. The Labute approximate surface area is 148 Å². The number of carboxylic acids is 1. The summed E-state index contributed by atoms with van der Waals surface area (Å²) in [5.74, 6) is -0.952. The van der Waals surface area contributed by atoms with Crippen LogP contribution in [0.15, 0.2) is 12.2 Å². The molecule has 3 aliphatic carbocycles.